The molecule has 0 radical (unpaired) electrons. The van der Waals surface area contributed by atoms with Gasteiger partial charge in [-0.05, 0) is 44.5 Å². The molecule has 5 nitrogen and oxygen atoms in total. The van der Waals surface area contributed by atoms with Gasteiger partial charge in [-0.15, -0.1) is 0 Å². The second-order valence-electron chi connectivity index (χ2n) is 4.47. The van der Waals surface area contributed by atoms with E-state index in [1.165, 1.54) is 0 Å². The molecule has 0 spiro atoms. The molecule has 2 rings (SSSR count). The zero-order valence-corrected chi connectivity index (χ0v) is 11.3. The topological polar surface area (TPSA) is 70.3 Å². The first-order valence-electron chi connectivity index (χ1n) is 6.08. The van der Waals surface area contributed by atoms with Crippen LogP contribution in [-0.2, 0) is 0 Å². The van der Waals surface area contributed by atoms with Gasteiger partial charge in [-0.25, -0.2) is 4.98 Å². The fraction of sp³-hybridized carbons (Fsp3) is 0.286. The van der Waals surface area contributed by atoms with Crippen LogP contribution in [-0.4, -0.2) is 16.1 Å². The van der Waals surface area contributed by atoms with Crippen molar-refractivity contribution in [2.45, 2.75) is 26.9 Å². The van der Waals surface area contributed by atoms with E-state index in [0.717, 1.165) is 5.56 Å². The Morgan fingerprint density at radius 3 is 2.68 bits per heavy atom. The molecule has 0 saturated carbocycles. The van der Waals surface area contributed by atoms with Gasteiger partial charge in [0.05, 0.1) is 6.10 Å². The quantitative estimate of drug-likeness (QED) is 0.855. The molecule has 1 aromatic carbocycles. The van der Waals surface area contributed by atoms with E-state index in [9.17, 15) is 0 Å². The number of aryl methyl sites for hydroxylation is 1. The largest absolute Gasteiger partial charge is 0.475 e. The van der Waals surface area contributed by atoms with Gasteiger partial charge in [0, 0.05) is 18.0 Å². The van der Waals surface area contributed by atoms with Crippen LogP contribution in [0.5, 0.6) is 17.6 Å². The third-order valence-electron chi connectivity index (χ3n) is 2.36. The second-order valence-corrected chi connectivity index (χ2v) is 4.47. The third-order valence-corrected chi connectivity index (χ3v) is 2.36. The number of ether oxygens (including phenoxy) is 2. The third kappa shape index (κ3) is 3.58. The summed E-state index contributed by atoms with van der Waals surface area (Å²) in [5, 5.41) is 0. The SMILES string of the molecule is Cc1cc(N)ccc1Oc1nccc(OC(C)C)n1. The maximum atomic E-state index is 5.69. The van der Waals surface area contributed by atoms with Gasteiger partial charge < -0.3 is 15.2 Å². The number of benzene rings is 1. The van der Waals surface area contributed by atoms with Crippen LogP contribution in [0.3, 0.4) is 0 Å². The molecule has 1 aromatic heterocycles. The maximum Gasteiger partial charge on any atom is 0.325 e. The van der Waals surface area contributed by atoms with Crippen LogP contribution in [0.25, 0.3) is 0 Å². The van der Waals surface area contributed by atoms with Crippen molar-refractivity contribution in [1.29, 1.82) is 0 Å². The number of rotatable bonds is 4. The van der Waals surface area contributed by atoms with Crippen LogP contribution < -0.4 is 15.2 Å². The van der Waals surface area contributed by atoms with Crippen LogP contribution >= 0.6 is 0 Å². The van der Waals surface area contributed by atoms with Gasteiger partial charge >= 0.3 is 6.01 Å². The van der Waals surface area contributed by atoms with E-state index in [4.69, 9.17) is 15.2 Å². The van der Waals surface area contributed by atoms with Crippen LogP contribution in [0.2, 0.25) is 0 Å². The molecule has 0 bridgehead atoms. The maximum absolute atomic E-state index is 5.69. The first-order valence-corrected chi connectivity index (χ1v) is 6.08. The summed E-state index contributed by atoms with van der Waals surface area (Å²) in [6.07, 6.45) is 1.66. The Labute approximate surface area is 112 Å². The number of aromatic nitrogens is 2. The van der Waals surface area contributed by atoms with Crippen LogP contribution in [0.1, 0.15) is 19.4 Å². The lowest BCUT2D eigenvalue weighted by Crippen LogP contribution is -2.07. The lowest BCUT2D eigenvalue weighted by Gasteiger charge is -2.10. The number of hydrogen-bond donors (Lipinski definition) is 1. The first-order chi connectivity index (χ1) is 9.04. The van der Waals surface area contributed by atoms with E-state index in [1.807, 2.05) is 26.8 Å². The van der Waals surface area contributed by atoms with Crippen molar-refractivity contribution >= 4 is 5.69 Å². The van der Waals surface area contributed by atoms with E-state index >= 15 is 0 Å². The number of nitrogen functional groups attached to an aromatic ring is 1. The number of nitrogens with zero attached hydrogens (tertiary/aromatic N) is 2. The molecule has 0 unspecified atom stereocenters. The molecule has 5 heteroatoms. The summed E-state index contributed by atoms with van der Waals surface area (Å²) in [6, 6.07) is 7.36. The van der Waals surface area contributed by atoms with Crippen molar-refractivity contribution in [2.75, 3.05) is 5.73 Å². The predicted octanol–water partition coefficient (Wildman–Crippen LogP) is 2.95. The lowest BCUT2D eigenvalue weighted by atomic mass is 10.2. The molecule has 1 heterocycles. The summed E-state index contributed by atoms with van der Waals surface area (Å²) < 4.78 is 11.1. The average molecular weight is 259 g/mol. The molecule has 0 aliphatic carbocycles. The van der Waals surface area contributed by atoms with Gasteiger partial charge in [0.2, 0.25) is 5.88 Å². The predicted molar refractivity (Wildman–Crippen MR) is 73.5 cm³/mol. The van der Waals surface area contributed by atoms with Crippen molar-refractivity contribution in [3.63, 3.8) is 0 Å². The van der Waals surface area contributed by atoms with Crippen molar-refractivity contribution in [3.8, 4) is 17.6 Å². The Balaban J connectivity index is 2.18. The highest BCUT2D eigenvalue weighted by atomic mass is 16.5. The Morgan fingerprint density at radius 1 is 1.21 bits per heavy atom. The molecule has 0 saturated heterocycles. The minimum absolute atomic E-state index is 0.0565. The van der Waals surface area contributed by atoms with Gasteiger partial charge in [0.15, 0.2) is 0 Å². The van der Waals surface area contributed by atoms with Crippen LogP contribution in [0, 0.1) is 6.92 Å². The van der Waals surface area contributed by atoms with Crippen molar-refractivity contribution in [3.05, 3.63) is 36.0 Å². The summed E-state index contributed by atoms with van der Waals surface area (Å²) in [7, 11) is 0. The van der Waals surface area contributed by atoms with E-state index in [-0.39, 0.29) is 12.1 Å². The molecule has 0 fully saturated rings. The smallest absolute Gasteiger partial charge is 0.325 e. The molecule has 0 aliphatic heterocycles. The van der Waals surface area contributed by atoms with Crippen molar-refractivity contribution < 1.29 is 9.47 Å². The van der Waals surface area contributed by atoms with Gasteiger partial charge in [-0.1, -0.05) is 0 Å². The Morgan fingerprint density at radius 2 is 2.00 bits per heavy atom. The van der Waals surface area contributed by atoms with Gasteiger partial charge in [0.1, 0.15) is 5.75 Å². The van der Waals surface area contributed by atoms with Gasteiger partial charge in [0.25, 0.3) is 0 Å². The minimum Gasteiger partial charge on any atom is -0.475 e. The number of hydrogen-bond acceptors (Lipinski definition) is 5. The highest BCUT2D eigenvalue weighted by molar-refractivity contribution is 5.47. The van der Waals surface area contributed by atoms with E-state index in [1.54, 1.807) is 24.4 Å². The molecular weight excluding hydrogens is 242 g/mol. The molecule has 2 aromatic rings. The molecule has 2 N–H and O–H groups in total. The fourth-order valence-electron chi connectivity index (χ4n) is 1.57. The fourth-order valence-corrected chi connectivity index (χ4v) is 1.57. The standard InChI is InChI=1S/C14H17N3O2/c1-9(2)18-13-6-7-16-14(17-13)19-12-5-4-11(15)8-10(12)3/h4-9H,15H2,1-3H3. The van der Waals surface area contributed by atoms with Crippen molar-refractivity contribution in [2.24, 2.45) is 0 Å². The van der Waals surface area contributed by atoms with E-state index in [0.29, 0.717) is 17.3 Å². The van der Waals surface area contributed by atoms with Gasteiger partial charge in [-0.3, -0.25) is 0 Å². The van der Waals surface area contributed by atoms with E-state index in [2.05, 4.69) is 9.97 Å². The molecule has 0 aliphatic rings. The molecule has 100 valence electrons. The van der Waals surface area contributed by atoms with Crippen molar-refractivity contribution in [1.82, 2.24) is 9.97 Å². The Bertz CT molecular complexity index is 570. The summed E-state index contributed by atoms with van der Waals surface area (Å²) in [6.45, 7) is 5.79. The lowest BCUT2D eigenvalue weighted by molar-refractivity contribution is 0.229. The Kier molecular flexibility index (Phi) is 3.85. The van der Waals surface area contributed by atoms with Crippen LogP contribution in [0.15, 0.2) is 30.5 Å². The summed E-state index contributed by atoms with van der Waals surface area (Å²) >= 11 is 0. The van der Waals surface area contributed by atoms with Gasteiger partial charge in [-0.2, -0.15) is 4.98 Å². The average Bonchev–Trinajstić information content (AvgIpc) is 2.32. The highest BCUT2D eigenvalue weighted by Crippen LogP contribution is 2.25. The molecule has 19 heavy (non-hydrogen) atoms. The number of nitrogens with two attached hydrogens (primary N) is 1. The monoisotopic (exact) mass is 259 g/mol. The highest BCUT2D eigenvalue weighted by Gasteiger charge is 2.06. The number of anilines is 1. The van der Waals surface area contributed by atoms with E-state index < -0.39 is 0 Å². The molecular formula is C14H17N3O2. The molecule has 0 atom stereocenters. The normalized spacial score (nSPS) is 10.5. The Hall–Kier alpha value is -2.30. The first kappa shape index (κ1) is 13.1. The zero-order valence-electron chi connectivity index (χ0n) is 11.3. The zero-order chi connectivity index (χ0) is 13.8. The molecule has 0 amide bonds. The van der Waals surface area contributed by atoms with Crippen LogP contribution in [0.4, 0.5) is 5.69 Å². The second kappa shape index (κ2) is 5.56. The minimum atomic E-state index is 0.0565. The summed E-state index contributed by atoms with van der Waals surface area (Å²) in [4.78, 5) is 8.25. The summed E-state index contributed by atoms with van der Waals surface area (Å²) in [5.41, 5.74) is 7.32. The summed E-state index contributed by atoms with van der Waals surface area (Å²) in [5.74, 6) is 1.17.